The van der Waals surface area contributed by atoms with E-state index in [2.05, 4.69) is 0 Å². The predicted molar refractivity (Wildman–Crippen MR) is 151 cm³/mol. The summed E-state index contributed by atoms with van der Waals surface area (Å²) in [6.07, 6.45) is 1.13. The smallest absolute Gasteiger partial charge is 0.305 e. The minimum Gasteiger partial charge on any atom is -0.481 e. The van der Waals surface area contributed by atoms with Gasteiger partial charge in [-0.15, -0.1) is 0 Å². The number of ketones is 1. The molecule has 8 nitrogen and oxygen atoms in total. The number of nitrogens with one attached hydrogen (secondary N) is 1. The molecule has 3 aromatic rings. The van der Waals surface area contributed by atoms with Gasteiger partial charge in [-0.3, -0.25) is 24.6 Å². The second-order valence-electron chi connectivity index (χ2n) is 9.58. The summed E-state index contributed by atoms with van der Waals surface area (Å²) < 4.78 is 9.84. The van der Waals surface area contributed by atoms with Gasteiger partial charge in [0.2, 0.25) is 5.78 Å². The molecule has 0 bridgehead atoms. The number of benzene rings is 3. The fourth-order valence-electron chi connectivity index (χ4n) is 5.22. The van der Waals surface area contributed by atoms with Crippen molar-refractivity contribution in [2.45, 2.75) is 44.9 Å². The standard InChI is InChI=1S/C30H29NO5.C2H4O2/c1-19-8-4-5-9-21(19)28(31)29(34)20-12-13-23-22-10-6-7-11-24(22)30(25(23)18-20,16-14-26(32)35-2)17-15-27(33)36-3;1-2(3)4/h4-13,18,31H,14-17H2,1-3H3;1H3,(H,3,4). The van der Waals surface area contributed by atoms with Crippen LogP contribution in [0.2, 0.25) is 0 Å². The molecule has 0 aromatic heterocycles. The number of esters is 2. The summed E-state index contributed by atoms with van der Waals surface area (Å²) in [5, 5.41) is 16.0. The number of rotatable bonds is 9. The van der Waals surface area contributed by atoms with Gasteiger partial charge in [0.15, 0.2) is 0 Å². The highest BCUT2D eigenvalue weighted by molar-refractivity contribution is 6.50. The van der Waals surface area contributed by atoms with Crippen molar-refractivity contribution in [1.82, 2.24) is 0 Å². The maximum absolute atomic E-state index is 13.4. The number of fused-ring (bicyclic) bond motifs is 3. The summed E-state index contributed by atoms with van der Waals surface area (Å²) in [6, 6.07) is 20.8. The SMILES string of the molecule is CC(=O)O.COC(=O)CCC1(CCC(=O)OC)c2ccccc2-c2ccc(C(=O)C(=N)c3ccccc3C)cc21. The first kappa shape index (κ1) is 30.0. The summed E-state index contributed by atoms with van der Waals surface area (Å²) >= 11 is 0. The normalized spacial score (nSPS) is 12.2. The van der Waals surface area contributed by atoms with E-state index in [0.29, 0.717) is 24.0 Å². The molecule has 0 amide bonds. The highest BCUT2D eigenvalue weighted by atomic mass is 16.5. The predicted octanol–water partition coefficient (Wildman–Crippen LogP) is 5.51. The van der Waals surface area contributed by atoms with Gasteiger partial charge in [0.05, 0.1) is 14.2 Å². The second-order valence-corrected chi connectivity index (χ2v) is 9.58. The van der Waals surface area contributed by atoms with E-state index in [4.69, 9.17) is 24.8 Å². The molecule has 0 heterocycles. The van der Waals surface area contributed by atoms with Crippen LogP contribution in [0.3, 0.4) is 0 Å². The van der Waals surface area contributed by atoms with Crippen LogP contribution in [0.15, 0.2) is 66.7 Å². The van der Waals surface area contributed by atoms with Crippen LogP contribution in [0.5, 0.6) is 0 Å². The molecule has 0 radical (unpaired) electrons. The third-order valence-electron chi connectivity index (χ3n) is 7.14. The molecule has 0 atom stereocenters. The first-order valence-electron chi connectivity index (χ1n) is 12.8. The Morgan fingerprint density at radius 1 is 0.800 bits per heavy atom. The minimum atomic E-state index is -0.833. The number of carbonyl (C=O) groups is 4. The van der Waals surface area contributed by atoms with Crippen molar-refractivity contribution in [2.75, 3.05) is 14.2 Å². The fourth-order valence-corrected chi connectivity index (χ4v) is 5.22. The number of Topliss-reactive ketones (excluding diaryl/α,β-unsaturated/α-hetero) is 1. The molecular formula is C32H33NO7. The topological polar surface area (TPSA) is 131 Å². The van der Waals surface area contributed by atoms with Crippen LogP contribution in [0.4, 0.5) is 0 Å². The van der Waals surface area contributed by atoms with Crippen LogP contribution in [0, 0.1) is 12.3 Å². The Bertz CT molecular complexity index is 1430. The summed E-state index contributed by atoms with van der Waals surface area (Å²) in [4.78, 5) is 46.8. The molecule has 40 heavy (non-hydrogen) atoms. The number of carbonyl (C=O) groups excluding carboxylic acids is 3. The molecule has 8 heteroatoms. The Balaban J connectivity index is 0.00000103. The van der Waals surface area contributed by atoms with E-state index >= 15 is 0 Å². The molecule has 0 aliphatic heterocycles. The second kappa shape index (κ2) is 13.0. The maximum Gasteiger partial charge on any atom is 0.305 e. The number of hydrogen-bond donors (Lipinski definition) is 2. The Morgan fingerprint density at radius 2 is 1.32 bits per heavy atom. The van der Waals surface area contributed by atoms with Crippen LogP contribution in [0.1, 0.15) is 65.2 Å². The van der Waals surface area contributed by atoms with Crippen LogP contribution < -0.4 is 0 Å². The van der Waals surface area contributed by atoms with Crippen molar-refractivity contribution in [3.8, 4) is 11.1 Å². The van der Waals surface area contributed by atoms with Gasteiger partial charge in [-0.2, -0.15) is 0 Å². The maximum atomic E-state index is 13.4. The first-order valence-corrected chi connectivity index (χ1v) is 12.8. The summed E-state index contributed by atoms with van der Waals surface area (Å²) in [6.45, 7) is 2.96. The third-order valence-corrected chi connectivity index (χ3v) is 7.14. The average molecular weight is 544 g/mol. The van der Waals surface area contributed by atoms with Crippen LogP contribution in [-0.4, -0.2) is 48.7 Å². The van der Waals surface area contributed by atoms with Gasteiger partial charge in [0, 0.05) is 36.3 Å². The minimum absolute atomic E-state index is 0.0710. The number of aryl methyl sites for hydroxylation is 1. The van der Waals surface area contributed by atoms with Crippen LogP contribution in [0.25, 0.3) is 11.1 Å². The zero-order valence-electron chi connectivity index (χ0n) is 23.1. The van der Waals surface area contributed by atoms with Crippen LogP contribution in [-0.2, 0) is 29.3 Å². The van der Waals surface area contributed by atoms with E-state index in [-0.39, 0.29) is 36.3 Å². The quantitative estimate of drug-likeness (QED) is 0.207. The lowest BCUT2D eigenvalue weighted by Crippen LogP contribution is -2.28. The molecule has 4 rings (SSSR count). The zero-order chi connectivity index (χ0) is 29.4. The molecule has 0 saturated carbocycles. The summed E-state index contributed by atoms with van der Waals surface area (Å²) in [5.74, 6) is -1.89. The van der Waals surface area contributed by atoms with Gasteiger partial charge in [0.25, 0.3) is 5.97 Å². The van der Waals surface area contributed by atoms with E-state index in [9.17, 15) is 14.4 Å². The lowest BCUT2D eigenvalue weighted by molar-refractivity contribution is -0.141. The number of hydrogen-bond acceptors (Lipinski definition) is 7. The highest BCUT2D eigenvalue weighted by Crippen LogP contribution is 2.54. The number of aliphatic carboxylic acids is 1. The van der Waals surface area contributed by atoms with Gasteiger partial charge in [-0.05, 0) is 53.6 Å². The van der Waals surface area contributed by atoms with Crippen molar-refractivity contribution < 1.29 is 33.8 Å². The molecule has 1 aliphatic carbocycles. The molecule has 1 aliphatic rings. The average Bonchev–Trinajstić information content (AvgIpc) is 3.23. The molecular weight excluding hydrogens is 510 g/mol. The molecule has 3 aromatic carbocycles. The molecule has 208 valence electrons. The Kier molecular flexibility index (Phi) is 9.72. The van der Waals surface area contributed by atoms with Gasteiger partial charge in [-0.25, -0.2) is 0 Å². The van der Waals surface area contributed by atoms with Crippen LogP contribution >= 0.6 is 0 Å². The number of carboxylic acid groups (broad SMARTS) is 1. The highest BCUT2D eigenvalue weighted by Gasteiger charge is 2.43. The molecule has 2 N–H and O–H groups in total. The van der Waals surface area contributed by atoms with E-state index in [1.807, 2.05) is 61.5 Å². The molecule has 0 fully saturated rings. The summed E-state index contributed by atoms with van der Waals surface area (Å²) in [5.41, 5.74) is 4.94. The molecule has 0 unspecified atom stereocenters. The van der Waals surface area contributed by atoms with Gasteiger partial charge >= 0.3 is 11.9 Å². The van der Waals surface area contributed by atoms with Crippen molar-refractivity contribution in [2.24, 2.45) is 0 Å². The third kappa shape index (κ3) is 6.34. The van der Waals surface area contributed by atoms with E-state index in [1.165, 1.54) is 14.2 Å². The van der Waals surface area contributed by atoms with Gasteiger partial charge < -0.3 is 14.6 Å². The molecule has 0 saturated heterocycles. The first-order chi connectivity index (χ1) is 19.0. The van der Waals surface area contributed by atoms with E-state index in [0.717, 1.165) is 34.7 Å². The number of methoxy groups -OCH3 is 2. The monoisotopic (exact) mass is 543 g/mol. The zero-order valence-corrected chi connectivity index (χ0v) is 23.1. The fraction of sp³-hybridized carbons (Fsp3) is 0.281. The Morgan fingerprint density at radius 3 is 1.90 bits per heavy atom. The Hall–Kier alpha value is -4.59. The van der Waals surface area contributed by atoms with Gasteiger partial charge in [0.1, 0.15) is 5.71 Å². The lowest BCUT2D eigenvalue weighted by Gasteiger charge is -2.32. The van der Waals surface area contributed by atoms with Crippen molar-refractivity contribution in [1.29, 1.82) is 5.41 Å². The number of carboxylic acids is 1. The summed E-state index contributed by atoms with van der Waals surface area (Å²) in [7, 11) is 2.71. The van der Waals surface area contributed by atoms with Crippen molar-refractivity contribution in [3.05, 3.63) is 94.5 Å². The van der Waals surface area contributed by atoms with Crippen molar-refractivity contribution >= 4 is 29.4 Å². The molecule has 0 spiro atoms. The Labute approximate surface area is 233 Å². The van der Waals surface area contributed by atoms with E-state index in [1.54, 1.807) is 12.1 Å². The number of ether oxygens (including phenoxy) is 2. The van der Waals surface area contributed by atoms with E-state index < -0.39 is 11.4 Å². The largest absolute Gasteiger partial charge is 0.481 e. The van der Waals surface area contributed by atoms with Gasteiger partial charge in [-0.1, -0.05) is 60.7 Å². The van der Waals surface area contributed by atoms with Crippen molar-refractivity contribution in [3.63, 3.8) is 0 Å². The lowest BCUT2D eigenvalue weighted by atomic mass is 9.71.